The number of rotatable bonds is 6. The van der Waals surface area contributed by atoms with Gasteiger partial charge in [0.2, 0.25) is 5.95 Å². The SMILES string of the molecule is CC1(C)C[C@H](Nc2nc(NCCc3ccc(C#N)c(Cl)c3)ncc2C#N)CC[C@@H]1O. The van der Waals surface area contributed by atoms with E-state index in [4.69, 9.17) is 16.9 Å². The van der Waals surface area contributed by atoms with E-state index < -0.39 is 0 Å². The molecule has 0 radical (unpaired) electrons. The number of aliphatic hydroxyl groups excluding tert-OH is 1. The second-order valence-electron chi connectivity index (χ2n) is 8.30. The van der Waals surface area contributed by atoms with Crippen LogP contribution >= 0.6 is 11.6 Å². The van der Waals surface area contributed by atoms with Crippen molar-refractivity contribution < 1.29 is 5.11 Å². The van der Waals surface area contributed by atoms with Crippen LogP contribution in [0.4, 0.5) is 11.8 Å². The van der Waals surface area contributed by atoms with Crippen molar-refractivity contribution in [3.05, 3.63) is 46.1 Å². The van der Waals surface area contributed by atoms with E-state index in [9.17, 15) is 10.4 Å². The average molecular weight is 425 g/mol. The first-order valence-electron chi connectivity index (χ1n) is 9.96. The lowest BCUT2D eigenvalue weighted by atomic mass is 9.73. The lowest BCUT2D eigenvalue weighted by Gasteiger charge is -2.40. The Morgan fingerprint density at radius 1 is 1.23 bits per heavy atom. The van der Waals surface area contributed by atoms with Gasteiger partial charge in [0, 0.05) is 12.6 Å². The second kappa shape index (κ2) is 9.30. The maximum absolute atomic E-state index is 10.2. The topological polar surface area (TPSA) is 118 Å². The molecule has 30 heavy (non-hydrogen) atoms. The van der Waals surface area contributed by atoms with Gasteiger partial charge >= 0.3 is 0 Å². The van der Waals surface area contributed by atoms with Crippen LogP contribution in [0.1, 0.15) is 49.8 Å². The van der Waals surface area contributed by atoms with Gasteiger partial charge in [-0.05, 0) is 48.8 Å². The maximum atomic E-state index is 10.2. The van der Waals surface area contributed by atoms with Crippen LogP contribution in [0.15, 0.2) is 24.4 Å². The van der Waals surface area contributed by atoms with Gasteiger partial charge in [0.1, 0.15) is 23.5 Å². The van der Waals surface area contributed by atoms with Crippen molar-refractivity contribution in [2.45, 2.75) is 51.7 Å². The lowest BCUT2D eigenvalue weighted by molar-refractivity contribution is 0.00926. The zero-order valence-electron chi connectivity index (χ0n) is 17.1. The Balaban J connectivity index is 1.64. The number of anilines is 2. The molecule has 0 unspecified atom stereocenters. The minimum atomic E-state index is -0.315. The van der Waals surface area contributed by atoms with Gasteiger partial charge in [-0.1, -0.05) is 31.5 Å². The lowest BCUT2D eigenvalue weighted by Crippen LogP contribution is -2.41. The van der Waals surface area contributed by atoms with Crippen LogP contribution in [0.5, 0.6) is 0 Å². The zero-order valence-corrected chi connectivity index (χ0v) is 17.9. The fourth-order valence-electron chi connectivity index (χ4n) is 3.72. The summed E-state index contributed by atoms with van der Waals surface area (Å²) in [7, 11) is 0. The first kappa shape index (κ1) is 21.8. The van der Waals surface area contributed by atoms with Crippen LogP contribution in [0.3, 0.4) is 0 Å². The molecule has 0 bridgehead atoms. The number of aromatic nitrogens is 2. The Bertz CT molecular complexity index is 994. The third kappa shape index (κ3) is 5.18. The first-order valence-corrected chi connectivity index (χ1v) is 10.3. The highest BCUT2D eigenvalue weighted by Crippen LogP contribution is 2.36. The molecule has 1 fully saturated rings. The average Bonchev–Trinajstić information content (AvgIpc) is 2.71. The molecule has 2 aromatic rings. The molecule has 1 aliphatic carbocycles. The molecule has 1 saturated carbocycles. The largest absolute Gasteiger partial charge is 0.393 e. The molecule has 1 aromatic heterocycles. The van der Waals surface area contributed by atoms with E-state index in [0.717, 1.165) is 24.8 Å². The van der Waals surface area contributed by atoms with E-state index >= 15 is 0 Å². The Hall–Kier alpha value is -2.87. The number of aliphatic hydroxyl groups is 1. The Morgan fingerprint density at radius 2 is 2.00 bits per heavy atom. The van der Waals surface area contributed by atoms with E-state index in [-0.39, 0.29) is 17.6 Å². The van der Waals surface area contributed by atoms with Crippen molar-refractivity contribution in [1.82, 2.24) is 9.97 Å². The van der Waals surface area contributed by atoms with Gasteiger partial charge in [0.15, 0.2) is 0 Å². The Morgan fingerprint density at radius 3 is 2.67 bits per heavy atom. The molecule has 1 heterocycles. The van der Waals surface area contributed by atoms with Crippen LogP contribution in [0.25, 0.3) is 0 Å². The minimum Gasteiger partial charge on any atom is -0.393 e. The summed E-state index contributed by atoms with van der Waals surface area (Å²) in [5.74, 6) is 0.944. The van der Waals surface area contributed by atoms with Gasteiger partial charge in [-0.2, -0.15) is 15.5 Å². The molecule has 8 heteroatoms. The number of nitrogens with one attached hydrogen (secondary N) is 2. The molecule has 0 spiro atoms. The first-order chi connectivity index (χ1) is 14.3. The normalized spacial score (nSPS) is 20.1. The van der Waals surface area contributed by atoms with E-state index in [1.54, 1.807) is 12.1 Å². The number of hydrogen-bond donors (Lipinski definition) is 3. The van der Waals surface area contributed by atoms with E-state index in [2.05, 4.69) is 40.5 Å². The minimum absolute atomic E-state index is 0.138. The van der Waals surface area contributed by atoms with Crippen LogP contribution in [-0.2, 0) is 6.42 Å². The van der Waals surface area contributed by atoms with Crippen LogP contribution in [0.2, 0.25) is 5.02 Å². The van der Waals surface area contributed by atoms with Crippen molar-refractivity contribution in [1.29, 1.82) is 10.5 Å². The molecular weight excluding hydrogens is 400 g/mol. The van der Waals surface area contributed by atoms with Crippen molar-refractivity contribution in [3.63, 3.8) is 0 Å². The van der Waals surface area contributed by atoms with Crippen LogP contribution < -0.4 is 10.6 Å². The van der Waals surface area contributed by atoms with Gasteiger partial charge in [-0.15, -0.1) is 0 Å². The summed E-state index contributed by atoms with van der Waals surface area (Å²) in [6, 6.07) is 9.69. The molecule has 2 atom stereocenters. The zero-order chi connectivity index (χ0) is 21.7. The standard InChI is InChI=1S/C22H25ClN6O/c1-22(2)10-17(5-6-19(22)30)28-20-16(12-25)13-27-21(29-20)26-8-7-14-3-4-15(11-24)18(23)9-14/h3-4,9,13,17,19,30H,5-8,10H2,1-2H3,(H2,26,27,28,29)/t17-,19+/m1/s1. The summed E-state index contributed by atoms with van der Waals surface area (Å²) in [6.45, 7) is 4.69. The molecule has 1 aromatic carbocycles. The monoisotopic (exact) mass is 424 g/mol. The van der Waals surface area contributed by atoms with Gasteiger partial charge in [-0.3, -0.25) is 0 Å². The highest BCUT2D eigenvalue weighted by molar-refractivity contribution is 6.31. The summed E-state index contributed by atoms with van der Waals surface area (Å²) in [5.41, 5.74) is 1.67. The Kier molecular flexibility index (Phi) is 6.77. The van der Waals surface area contributed by atoms with Gasteiger partial charge in [0.05, 0.1) is 22.9 Å². The summed E-state index contributed by atoms with van der Waals surface area (Å²) >= 11 is 6.08. The third-order valence-corrected chi connectivity index (χ3v) is 5.88. The molecule has 156 valence electrons. The fraction of sp³-hybridized carbons (Fsp3) is 0.455. The predicted octanol–water partition coefficient (Wildman–Crippen LogP) is 3.88. The molecule has 7 nitrogen and oxygen atoms in total. The molecule has 3 rings (SSSR count). The van der Waals surface area contributed by atoms with E-state index in [1.165, 1.54) is 6.20 Å². The highest BCUT2D eigenvalue weighted by Gasteiger charge is 2.35. The van der Waals surface area contributed by atoms with Crippen molar-refractivity contribution in [3.8, 4) is 12.1 Å². The van der Waals surface area contributed by atoms with Crippen molar-refractivity contribution >= 4 is 23.4 Å². The molecule has 0 amide bonds. The molecule has 0 aliphatic heterocycles. The number of nitrogens with zero attached hydrogens (tertiary/aromatic N) is 4. The van der Waals surface area contributed by atoms with Crippen LogP contribution in [-0.4, -0.2) is 33.8 Å². The fourth-order valence-corrected chi connectivity index (χ4v) is 3.97. The predicted molar refractivity (Wildman–Crippen MR) is 116 cm³/mol. The quantitative estimate of drug-likeness (QED) is 0.643. The van der Waals surface area contributed by atoms with Crippen molar-refractivity contribution in [2.24, 2.45) is 5.41 Å². The number of halogens is 1. The van der Waals surface area contributed by atoms with Gasteiger partial charge in [0.25, 0.3) is 0 Å². The number of benzene rings is 1. The molecular formula is C22H25ClN6O. The smallest absolute Gasteiger partial charge is 0.224 e. The third-order valence-electron chi connectivity index (χ3n) is 5.56. The molecule has 1 aliphatic rings. The van der Waals surface area contributed by atoms with Gasteiger partial charge in [-0.25, -0.2) is 4.98 Å². The number of hydrogen-bond acceptors (Lipinski definition) is 7. The van der Waals surface area contributed by atoms with E-state index in [0.29, 0.717) is 40.9 Å². The van der Waals surface area contributed by atoms with E-state index in [1.807, 2.05) is 12.1 Å². The molecule has 3 N–H and O–H groups in total. The van der Waals surface area contributed by atoms with Crippen molar-refractivity contribution in [2.75, 3.05) is 17.2 Å². The number of nitriles is 2. The highest BCUT2D eigenvalue weighted by atomic mass is 35.5. The maximum Gasteiger partial charge on any atom is 0.224 e. The summed E-state index contributed by atoms with van der Waals surface area (Å²) in [6.07, 6.45) is 4.22. The van der Waals surface area contributed by atoms with Gasteiger partial charge < -0.3 is 15.7 Å². The summed E-state index contributed by atoms with van der Waals surface area (Å²) in [4.78, 5) is 8.72. The van der Waals surface area contributed by atoms with Crippen LogP contribution in [0, 0.1) is 28.1 Å². The second-order valence-corrected chi connectivity index (χ2v) is 8.70. The summed E-state index contributed by atoms with van der Waals surface area (Å²) < 4.78 is 0. The molecule has 0 saturated heterocycles. The summed E-state index contributed by atoms with van der Waals surface area (Å²) in [5, 5.41) is 35.5. The Labute approximate surface area is 181 Å².